The minimum Gasteiger partial charge on any atom is -0.441 e. The summed E-state index contributed by atoms with van der Waals surface area (Å²) in [5, 5.41) is 0. The van der Waals surface area contributed by atoms with Gasteiger partial charge >= 0.3 is 6.09 Å². The number of likely N-dealkylation sites (tertiary alicyclic amines) is 1. The van der Waals surface area contributed by atoms with Gasteiger partial charge in [-0.05, 0) is 20.9 Å². The molecule has 2 N–H and O–H groups in total. The molecule has 2 aliphatic rings. The molecule has 0 atom stereocenters. The molecule has 2 rings (SSSR count). The van der Waals surface area contributed by atoms with Crippen molar-refractivity contribution in [3.63, 3.8) is 0 Å². The largest absolute Gasteiger partial charge is 0.441 e. The van der Waals surface area contributed by atoms with E-state index < -0.39 is 11.1 Å². The molecule has 0 bridgehead atoms. The van der Waals surface area contributed by atoms with Crippen LogP contribution in [0.4, 0.5) is 4.79 Å². The molecule has 0 radical (unpaired) electrons. The van der Waals surface area contributed by atoms with Gasteiger partial charge in [-0.1, -0.05) is 0 Å². The lowest BCUT2D eigenvalue weighted by molar-refractivity contribution is -0.139. The van der Waals surface area contributed by atoms with Crippen LogP contribution in [-0.4, -0.2) is 97.9 Å². The van der Waals surface area contributed by atoms with Gasteiger partial charge in [0.2, 0.25) is 5.91 Å². The molecule has 0 aromatic carbocycles. The maximum atomic E-state index is 12.3. The van der Waals surface area contributed by atoms with Crippen molar-refractivity contribution in [2.45, 2.75) is 37.8 Å². The smallest absolute Gasteiger partial charge is 0.410 e. The highest BCUT2D eigenvalue weighted by Gasteiger charge is 2.48. The van der Waals surface area contributed by atoms with E-state index in [9.17, 15) is 9.59 Å². The zero-order valence-electron chi connectivity index (χ0n) is 15.9. The Morgan fingerprint density at radius 2 is 2.00 bits per heavy atom. The third-order valence-electron chi connectivity index (χ3n) is 4.98. The number of amides is 2. The highest BCUT2D eigenvalue weighted by atomic mass is 16.6. The van der Waals surface area contributed by atoms with E-state index in [0.29, 0.717) is 45.6 Å². The number of likely N-dealkylation sites (N-methyl/N-ethyl adjacent to an activating group) is 1. The first-order chi connectivity index (χ1) is 11.7. The van der Waals surface area contributed by atoms with Crippen molar-refractivity contribution < 1.29 is 19.1 Å². The second-order valence-corrected chi connectivity index (χ2v) is 7.78. The first kappa shape index (κ1) is 19.9. The summed E-state index contributed by atoms with van der Waals surface area (Å²) >= 11 is 0. The average Bonchev–Trinajstić information content (AvgIpc) is 2.85. The number of nitrogens with two attached hydrogens (primary N) is 1. The van der Waals surface area contributed by atoms with Gasteiger partial charge in [-0.15, -0.1) is 0 Å². The topological polar surface area (TPSA) is 88.3 Å². The Morgan fingerprint density at radius 1 is 1.36 bits per heavy atom. The number of methoxy groups -OCH3 is 1. The molecule has 25 heavy (non-hydrogen) atoms. The third kappa shape index (κ3) is 5.05. The summed E-state index contributed by atoms with van der Waals surface area (Å²) in [4.78, 5) is 30.2. The Hall–Kier alpha value is -1.38. The zero-order valence-corrected chi connectivity index (χ0v) is 15.9. The predicted octanol–water partition coefficient (Wildman–Crippen LogP) is 0.115. The van der Waals surface area contributed by atoms with Crippen molar-refractivity contribution in [2.75, 3.05) is 60.0 Å². The standard InChI is InChI=1S/C17H32N4O4/c1-16(2,18)14(22)20-7-5-17(6-8-20)13-21(15(23)25-17)10-9-19(3)11-12-24-4/h5-13,18H2,1-4H3. The SMILES string of the molecule is COCCN(C)CCN1CC2(CCN(C(=O)C(C)(C)N)CC2)OC1=O. The van der Waals surface area contributed by atoms with Gasteiger partial charge in [0.05, 0.1) is 18.7 Å². The fourth-order valence-corrected chi connectivity index (χ4v) is 3.30. The number of ether oxygens (including phenoxy) is 2. The second kappa shape index (κ2) is 7.88. The van der Waals surface area contributed by atoms with Gasteiger partial charge in [-0.2, -0.15) is 0 Å². The summed E-state index contributed by atoms with van der Waals surface area (Å²) in [6.07, 6.45) is 1.08. The molecule has 0 aromatic rings. The van der Waals surface area contributed by atoms with Crippen molar-refractivity contribution in [3.8, 4) is 0 Å². The van der Waals surface area contributed by atoms with Crippen LogP contribution < -0.4 is 5.73 Å². The lowest BCUT2D eigenvalue weighted by Crippen LogP contribution is -2.56. The van der Waals surface area contributed by atoms with Crippen molar-refractivity contribution in [2.24, 2.45) is 5.73 Å². The Kier molecular flexibility index (Phi) is 6.29. The number of carbonyl (C=O) groups is 2. The Morgan fingerprint density at radius 3 is 2.56 bits per heavy atom. The summed E-state index contributed by atoms with van der Waals surface area (Å²) in [6, 6.07) is 0. The molecule has 0 aromatic heterocycles. The summed E-state index contributed by atoms with van der Waals surface area (Å²) in [6.45, 7) is 8.11. The number of rotatable bonds is 7. The van der Waals surface area contributed by atoms with Gasteiger partial charge in [-0.3, -0.25) is 4.79 Å². The maximum Gasteiger partial charge on any atom is 0.410 e. The lowest BCUT2D eigenvalue weighted by atomic mass is 9.90. The van der Waals surface area contributed by atoms with Crippen molar-refractivity contribution >= 4 is 12.0 Å². The Labute approximate surface area is 150 Å². The van der Waals surface area contributed by atoms with Crippen LogP contribution in [0.3, 0.4) is 0 Å². The lowest BCUT2D eigenvalue weighted by Gasteiger charge is -2.39. The van der Waals surface area contributed by atoms with Gasteiger partial charge in [0.15, 0.2) is 0 Å². The number of piperidine rings is 1. The zero-order chi connectivity index (χ0) is 18.7. The van der Waals surface area contributed by atoms with Crippen molar-refractivity contribution in [3.05, 3.63) is 0 Å². The molecule has 144 valence electrons. The first-order valence-corrected chi connectivity index (χ1v) is 8.90. The average molecular weight is 356 g/mol. The normalized spacial score (nSPS) is 20.5. The number of carbonyl (C=O) groups excluding carboxylic acids is 2. The fourth-order valence-electron chi connectivity index (χ4n) is 3.30. The molecule has 2 saturated heterocycles. The summed E-state index contributed by atoms with van der Waals surface area (Å²) < 4.78 is 10.8. The van der Waals surface area contributed by atoms with Gasteiger partial charge < -0.3 is 29.9 Å². The van der Waals surface area contributed by atoms with Gasteiger partial charge in [-0.25, -0.2) is 4.79 Å². The van der Waals surface area contributed by atoms with Crippen LogP contribution in [-0.2, 0) is 14.3 Å². The summed E-state index contributed by atoms with van der Waals surface area (Å²) in [5.41, 5.74) is 4.58. The van der Waals surface area contributed by atoms with E-state index in [1.165, 1.54) is 0 Å². The highest BCUT2D eigenvalue weighted by Crippen LogP contribution is 2.33. The Balaban J connectivity index is 1.83. The highest BCUT2D eigenvalue weighted by molar-refractivity contribution is 5.85. The van der Waals surface area contributed by atoms with Gasteiger partial charge in [0.1, 0.15) is 5.60 Å². The minimum atomic E-state index is -0.865. The molecule has 2 amide bonds. The van der Waals surface area contributed by atoms with E-state index in [2.05, 4.69) is 4.90 Å². The van der Waals surface area contributed by atoms with Gasteiger partial charge in [0.25, 0.3) is 0 Å². The van der Waals surface area contributed by atoms with Crippen LogP contribution in [0.15, 0.2) is 0 Å². The predicted molar refractivity (Wildman–Crippen MR) is 94.2 cm³/mol. The fraction of sp³-hybridized carbons (Fsp3) is 0.882. The first-order valence-electron chi connectivity index (χ1n) is 8.90. The van der Waals surface area contributed by atoms with Crippen LogP contribution >= 0.6 is 0 Å². The molecule has 0 unspecified atom stereocenters. The van der Waals surface area contributed by atoms with E-state index in [-0.39, 0.29) is 12.0 Å². The van der Waals surface area contributed by atoms with Crippen LogP contribution in [0, 0.1) is 0 Å². The molecule has 1 spiro atoms. The summed E-state index contributed by atoms with van der Waals surface area (Å²) in [5.74, 6) is -0.0525. The van der Waals surface area contributed by atoms with E-state index >= 15 is 0 Å². The quantitative estimate of drug-likeness (QED) is 0.697. The molecule has 0 aliphatic carbocycles. The van der Waals surface area contributed by atoms with Crippen LogP contribution in [0.2, 0.25) is 0 Å². The molecule has 2 fully saturated rings. The van der Waals surface area contributed by atoms with Crippen molar-refractivity contribution in [1.82, 2.24) is 14.7 Å². The molecule has 8 heteroatoms. The van der Waals surface area contributed by atoms with Gasteiger partial charge in [0, 0.05) is 52.7 Å². The summed E-state index contributed by atoms with van der Waals surface area (Å²) in [7, 11) is 3.69. The number of hydrogen-bond donors (Lipinski definition) is 1. The molecule has 8 nitrogen and oxygen atoms in total. The monoisotopic (exact) mass is 356 g/mol. The number of hydrogen-bond acceptors (Lipinski definition) is 6. The van der Waals surface area contributed by atoms with E-state index in [1.807, 2.05) is 7.05 Å². The number of nitrogens with zero attached hydrogens (tertiary/aromatic N) is 3. The minimum absolute atomic E-state index is 0.0525. The Bertz CT molecular complexity index is 484. The molecule has 2 heterocycles. The third-order valence-corrected chi connectivity index (χ3v) is 4.98. The van der Waals surface area contributed by atoms with Crippen molar-refractivity contribution in [1.29, 1.82) is 0 Å². The van der Waals surface area contributed by atoms with Crippen LogP contribution in [0.25, 0.3) is 0 Å². The van der Waals surface area contributed by atoms with E-state index in [0.717, 1.165) is 13.1 Å². The van der Waals surface area contributed by atoms with Crippen LogP contribution in [0.1, 0.15) is 26.7 Å². The molecular formula is C17H32N4O4. The molecule has 2 aliphatic heterocycles. The van der Waals surface area contributed by atoms with E-state index in [4.69, 9.17) is 15.2 Å². The molecule has 0 saturated carbocycles. The maximum absolute atomic E-state index is 12.3. The second-order valence-electron chi connectivity index (χ2n) is 7.78. The molecular weight excluding hydrogens is 324 g/mol. The van der Waals surface area contributed by atoms with Crippen LogP contribution in [0.5, 0.6) is 0 Å². The van der Waals surface area contributed by atoms with E-state index in [1.54, 1.807) is 30.8 Å².